The van der Waals surface area contributed by atoms with Crippen LogP contribution in [0.1, 0.15) is 19.8 Å². The van der Waals surface area contributed by atoms with E-state index in [1.807, 2.05) is 0 Å². The average molecular weight is 187 g/mol. The van der Waals surface area contributed by atoms with Crippen LogP contribution in [-0.2, 0) is 14.3 Å². The summed E-state index contributed by atoms with van der Waals surface area (Å²) in [5.74, 6) is -0.175. The van der Waals surface area contributed by atoms with Crippen LogP contribution in [0.25, 0.3) is 0 Å². The van der Waals surface area contributed by atoms with Gasteiger partial charge in [-0.2, -0.15) is 0 Å². The van der Waals surface area contributed by atoms with Crippen molar-refractivity contribution < 1.29 is 14.3 Å². The maximum Gasteiger partial charge on any atom is 0.323 e. The molecule has 0 spiro atoms. The Labute approximate surface area is 78.4 Å². The van der Waals surface area contributed by atoms with Gasteiger partial charge in [0, 0.05) is 12.5 Å². The van der Waals surface area contributed by atoms with Gasteiger partial charge in [-0.1, -0.05) is 0 Å². The predicted octanol–water partition coefficient (Wildman–Crippen LogP) is 0.303. The topological polar surface area (TPSA) is 61.5 Å². The molecule has 1 heterocycles. The molecule has 13 heavy (non-hydrogen) atoms. The summed E-state index contributed by atoms with van der Waals surface area (Å²) >= 11 is 0. The van der Waals surface area contributed by atoms with Crippen molar-refractivity contribution in [2.24, 2.45) is 11.7 Å². The van der Waals surface area contributed by atoms with Gasteiger partial charge < -0.3 is 15.2 Å². The van der Waals surface area contributed by atoms with Gasteiger partial charge in [0.25, 0.3) is 0 Å². The molecule has 76 valence electrons. The van der Waals surface area contributed by atoms with Crippen LogP contribution in [0.15, 0.2) is 0 Å². The second-order valence-corrected chi connectivity index (χ2v) is 3.26. The second kappa shape index (κ2) is 5.19. The number of carbonyl (C=O) groups is 1. The molecule has 4 nitrogen and oxygen atoms in total. The van der Waals surface area contributed by atoms with Crippen LogP contribution >= 0.6 is 0 Å². The molecule has 1 rings (SSSR count). The normalized spacial score (nSPS) is 25.2. The van der Waals surface area contributed by atoms with Gasteiger partial charge in [-0.3, -0.25) is 4.79 Å². The lowest BCUT2D eigenvalue weighted by Crippen LogP contribution is -2.43. The highest BCUT2D eigenvalue weighted by atomic mass is 16.5. The first kappa shape index (κ1) is 10.5. The molecule has 0 aromatic rings. The molecular weight excluding hydrogens is 170 g/mol. The zero-order chi connectivity index (χ0) is 9.68. The molecule has 0 amide bonds. The van der Waals surface area contributed by atoms with Gasteiger partial charge in [-0.15, -0.1) is 0 Å². The van der Waals surface area contributed by atoms with E-state index in [2.05, 4.69) is 0 Å². The lowest BCUT2D eigenvalue weighted by molar-refractivity contribution is -0.147. The number of nitrogens with two attached hydrogens (primary N) is 1. The first-order chi connectivity index (χ1) is 6.25. The van der Waals surface area contributed by atoms with Crippen LogP contribution in [0.2, 0.25) is 0 Å². The largest absolute Gasteiger partial charge is 0.465 e. The summed E-state index contributed by atoms with van der Waals surface area (Å²) in [4.78, 5) is 11.2. The number of rotatable bonds is 3. The van der Waals surface area contributed by atoms with Gasteiger partial charge in [0.05, 0.1) is 13.2 Å². The van der Waals surface area contributed by atoms with E-state index < -0.39 is 6.04 Å². The number of hydrogen-bond donors (Lipinski definition) is 1. The van der Waals surface area contributed by atoms with Gasteiger partial charge in [0.2, 0.25) is 0 Å². The lowest BCUT2D eigenvalue weighted by atomic mass is 9.94. The molecule has 4 heteroatoms. The molecule has 0 bridgehead atoms. The fourth-order valence-electron chi connectivity index (χ4n) is 1.48. The van der Waals surface area contributed by atoms with E-state index in [-0.39, 0.29) is 11.9 Å². The number of carbonyl (C=O) groups excluding carboxylic acids is 1. The van der Waals surface area contributed by atoms with Crippen LogP contribution < -0.4 is 5.73 Å². The summed E-state index contributed by atoms with van der Waals surface area (Å²) in [5.41, 5.74) is 5.72. The predicted molar refractivity (Wildman–Crippen MR) is 48.2 cm³/mol. The fraction of sp³-hybridized carbons (Fsp3) is 0.889. The Hall–Kier alpha value is -0.610. The molecule has 0 aliphatic carbocycles. The Morgan fingerprint density at radius 2 is 2.54 bits per heavy atom. The smallest absolute Gasteiger partial charge is 0.323 e. The highest BCUT2D eigenvalue weighted by Crippen LogP contribution is 2.16. The molecule has 2 N–H and O–H groups in total. The van der Waals surface area contributed by atoms with Crippen LogP contribution in [0, 0.1) is 5.92 Å². The molecule has 0 saturated carbocycles. The molecule has 1 aliphatic heterocycles. The van der Waals surface area contributed by atoms with E-state index >= 15 is 0 Å². The van der Waals surface area contributed by atoms with E-state index in [0.717, 1.165) is 19.4 Å². The summed E-state index contributed by atoms with van der Waals surface area (Å²) < 4.78 is 10.1. The first-order valence-corrected chi connectivity index (χ1v) is 4.75. The van der Waals surface area contributed by atoms with E-state index in [1.165, 1.54) is 0 Å². The van der Waals surface area contributed by atoms with Gasteiger partial charge in [0.15, 0.2) is 0 Å². The lowest BCUT2D eigenvalue weighted by Gasteiger charge is -2.25. The molecule has 0 aromatic carbocycles. The number of hydrogen-bond acceptors (Lipinski definition) is 4. The van der Waals surface area contributed by atoms with Gasteiger partial charge in [-0.05, 0) is 19.8 Å². The van der Waals surface area contributed by atoms with Gasteiger partial charge in [-0.25, -0.2) is 0 Å². The van der Waals surface area contributed by atoms with Gasteiger partial charge in [0.1, 0.15) is 6.04 Å². The number of ether oxygens (including phenoxy) is 2. The van der Waals surface area contributed by atoms with Crippen molar-refractivity contribution in [2.75, 3.05) is 19.8 Å². The quantitative estimate of drug-likeness (QED) is 0.646. The molecule has 2 atom stereocenters. The molecule has 1 saturated heterocycles. The minimum Gasteiger partial charge on any atom is -0.465 e. The van der Waals surface area contributed by atoms with Crippen molar-refractivity contribution in [3.8, 4) is 0 Å². The SMILES string of the molecule is CCOC(=O)[C@H](N)[C@H]1CCCOC1. The zero-order valence-corrected chi connectivity index (χ0v) is 7.99. The summed E-state index contributed by atoms with van der Waals surface area (Å²) in [6.07, 6.45) is 1.94. The molecule has 0 aromatic heterocycles. The van der Waals surface area contributed by atoms with Crippen molar-refractivity contribution >= 4 is 5.97 Å². The van der Waals surface area contributed by atoms with Crippen molar-refractivity contribution in [3.63, 3.8) is 0 Å². The Morgan fingerprint density at radius 1 is 1.77 bits per heavy atom. The third-order valence-electron chi connectivity index (χ3n) is 2.26. The second-order valence-electron chi connectivity index (χ2n) is 3.26. The highest BCUT2D eigenvalue weighted by Gasteiger charge is 2.27. The molecule has 0 radical (unpaired) electrons. The Balaban J connectivity index is 2.35. The molecule has 1 aliphatic rings. The maximum atomic E-state index is 11.2. The molecular formula is C9H17NO3. The van der Waals surface area contributed by atoms with Crippen LogP contribution in [0.5, 0.6) is 0 Å². The Kier molecular flexibility index (Phi) is 4.18. The average Bonchev–Trinajstić information content (AvgIpc) is 2.18. The van der Waals surface area contributed by atoms with E-state index in [4.69, 9.17) is 15.2 Å². The first-order valence-electron chi connectivity index (χ1n) is 4.75. The van der Waals surface area contributed by atoms with Crippen molar-refractivity contribution in [1.82, 2.24) is 0 Å². The maximum absolute atomic E-state index is 11.2. The third-order valence-corrected chi connectivity index (χ3v) is 2.26. The minimum atomic E-state index is -0.514. The fourth-order valence-corrected chi connectivity index (χ4v) is 1.48. The monoisotopic (exact) mass is 187 g/mol. The Bertz CT molecular complexity index is 166. The van der Waals surface area contributed by atoms with E-state index in [0.29, 0.717) is 13.2 Å². The zero-order valence-electron chi connectivity index (χ0n) is 7.99. The standard InChI is InChI=1S/C9H17NO3/c1-2-13-9(11)8(10)7-4-3-5-12-6-7/h7-8H,2-6,10H2,1H3/t7-,8+/m0/s1. The number of esters is 1. The highest BCUT2D eigenvalue weighted by molar-refractivity contribution is 5.75. The summed E-state index contributed by atoms with van der Waals surface area (Å²) in [6, 6.07) is -0.514. The van der Waals surface area contributed by atoms with Crippen LogP contribution in [0.3, 0.4) is 0 Å². The van der Waals surface area contributed by atoms with Crippen LogP contribution in [-0.4, -0.2) is 31.8 Å². The van der Waals surface area contributed by atoms with Gasteiger partial charge >= 0.3 is 5.97 Å². The van der Waals surface area contributed by atoms with Crippen molar-refractivity contribution in [2.45, 2.75) is 25.8 Å². The van der Waals surface area contributed by atoms with E-state index in [1.54, 1.807) is 6.92 Å². The Morgan fingerprint density at radius 3 is 3.08 bits per heavy atom. The van der Waals surface area contributed by atoms with Crippen molar-refractivity contribution in [3.05, 3.63) is 0 Å². The van der Waals surface area contributed by atoms with E-state index in [9.17, 15) is 4.79 Å². The van der Waals surface area contributed by atoms with Crippen LogP contribution in [0.4, 0.5) is 0 Å². The summed E-state index contributed by atoms with van der Waals surface area (Å²) in [6.45, 7) is 3.54. The minimum absolute atomic E-state index is 0.132. The summed E-state index contributed by atoms with van der Waals surface area (Å²) in [5, 5.41) is 0. The third kappa shape index (κ3) is 2.97. The molecule has 0 unspecified atom stereocenters. The summed E-state index contributed by atoms with van der Waals surface area (Å²) in [7, 11) is 0. The van der Waals surface area contributed by atoms with Crippen molar-refractivity contribution in [1.29, 1.82) is 0 Å². The molecule has 1 fully saturated rings.